The van der Waals surface area contributed by atoms with E-state index in [-0.39, 0.29) is 22.1 Å². The Kier molecular flexibility index (Phi) is 4.04. The fourth-order valence-corrected chi connectivity index (χ4v) is 1.74. The van der Waals surface area contributed by atoms with Crippen molar-refractivity contribution in [3.05, 3.63) is 62.9 Å². The minimum absolute atomic E-state index is 0.0207. The van der Waals surface area contributed by atoms with Gasteiger partial charge in [-0.3, -0.25) is 10.1 Å². The van der Waals surface area contributed by atoms with Crippen molar-refractivity contribution < 1.29 is 24.0 Å². The molecule has 0 atom stereocenters. The SMILES string of the molecule is O=C(O)c1ccc(Oc2ccc([N+](=O)[O-])cc2F)c(Cl)c1. The van der Waals surface area contributed by atoms with E-state index >= 15 is 0 Å². The summed E-state index contributed by atoms with van der Waals surface area (Å²) in [5, 5.41) is 19.3. The van der Waals surface area contributed by atoms with Gasteiger partial charge in [-0.25, -0.2) is 9.18 Å². The van der Waals surface area contributed by atoms with Crippen LogP contribution in [0.15, 0.2) is 36.4 Å². The molecule has 2 aromatic carbocycles. The molecular weight excluding hydrogens is 305 g/mol. The maximum Gasteiger partial charge on any atom is 0.335 e. The minimum atomic E-state index is -1.16. The van der Waals surface area contributed by atoms with Gasteiger partial charge in [0.05, 0.1) is 21.6 Å². The van der Waals surface area contributed by atoms with E-state index in [2.05, 4.69) is 0 Å². The van der Waals surface area contributed by atoms with Crippen molar-refractivity contribution in [3.63, 3.8) is 0 Å². The first kappa shape index (κ1) is 14.7. The van der Waals surface area contributed by atoms with Crippen molar-refractivity contribution in [2.75, 3.05) is 0 Å². The number of carbonyl (C=O) groups is 1. The zero-order valence-electron chi connectivity index (χ0n) is 10.2. The highest BCUT2D eigenvalue weighted by Crippen LogP contribution is 2.32. The highest BCUT2D eigenvalue weighted by Gasteiger charge is 2.14. The lowest BCUT2D eigenvalue weighted by Crippen LogP contribution is -1.97. The molecule has 0 aliphatic carbocycles. The number of benzene rings is 2. The van der Waals surface area contributed by atoms with Crippen LogP contribution in [0, 0.1) is 15.9 Å². The van der Waals surface area contributed by atoms with E-state index in [0.29, 0.717) is 0 Å². The van der Waals surface area contributed by atoms with Gasteiger partial charge < -0.3 is 9.84 Å². The Hall–Kier alpha value is -2.67. The molecule has 6 nitrogen and oxygen atoms in total. The largest absolute Gasteiger partial charge is 0.478 e. The number of hydrogen-bond acceptors (Lipinski definition) is 4. The Morgan fingerprint density at radius 2 is 1.90 bits per heavy atom. The van der Waals surface area contributed by atoms with Crippen LogP contribution in [0.1, 0.15) is 10.4 Å². The number of aromatic carboxylic acids is 1. The Morgan fingerprint density at radius 1 is 1.24 bits per heavy atom. The second kappa shape index (κ2) is 5.76. The molecule has 0 fully saturated rings. The molecule has 0 radical (unpaired) electrons. The molecule has 2 aromatic rings. The predicted molar refractivity (Wildman–Crippen MR) is 71.5 cm³/mol. The molecule has 0 amide bonds. The van der Waals surface area contributed by atoms with E-state index < -0.39 is 22.4 Å². The topological polar surface area (TPSA) is 89.7 Å². The number of non-ortho nitro benzene ring substituents is 1. The van der Waals surface area contributed by atoms with Crippen LogP contribution in [-0.4, -0.2) is 16.0 Å². The van der Waals surface area contributed by atoms with Crippen LogP contribution in [-0.2, 0) is 0 Å². The van der Waals surface area contributed by atoms with Crippen molar-refractivity contribution in [1.82, 2.24) is 0 Å². The van der Waals surface area contributed by atoms with Crippen LogP contribution in [0.4, 0.5) is 10.1 Å². The lowest BCUT2D eigenvalue weighted by Gasteiger charge is -2.08. The molecule has 0 spiro atoms. The maximum atomic E-state index is 13.7. The standard InChI is InChI=1S/C13H7ClFNO5/c14-9-5-7(13(17)18)1-3-11(9)21-12-4-2-8(16(19)20)6-10(12)15/h1-6H,(H,17,18). The van der Waals surface area contributed by atoms with E-state index in [1.54, 1.807) is 0 Å². The third-order valence-electron chi connectivity index (χ3n) is 2.53. The molecule has 0 heterocycles. The summed E-state index contributed by atoms with van der Waals surface area (Å²) in [5.41, 5.74) is -0.455. The number of nitrogens with zero attached hydrogens (tertiary/aromatic N) is 1. The van der Waals surface area contributed by atoms with Crippen LogP contribution >= 0.6 is 11.6 Å². The van der Waals surface area contributed by atoms with Crippen molar-refractivity contribution in [3.8, 4) is 11.5 Å². The lowest BCUT2D eigenvalue weighted by atomic mass is 10.2. The predicted octanol–water partition coefficient (Wildman–Crippen LogP) is 3.88. The summed E-state index contributed by atoms with van der Waals surface area (Å²) < 4.78 is 18.9. The summed E-state index contributed by atoms with van der Waals surface area (Å²) in [6.45, 7) is 0. The van der Waals surface area contributed by atoms with Gasteiger partial charge in [-0.1, -0.05) is 11.6 Å². The monoisotopic (exact) mass is 311 g/mol. The molecule has 0 aliphatic rings. The zero-order valence-corrected chi connectivity index (χ0v) is 11.0. The molecule has 108 valence electrons. The van der Waals surface area contributed by atoms with Gasteiger partial charge >= 0.3 is 5.97 Å². The van der Waals surface area contributed by atoms with E-state index in [1.165, 1.54) is 12.1 Å². The number of hydrogen-bond donors (Lipinski definition) is 1. The first-order valence-electron chi connectivity index (χ1n) is 5.53. The number of ether oxygens (including phenoxy) is 1. The van der Waals surface area contributed by atoms with Gasteiger partial charge in [0.2, 0.25) is 0 Å². The molecule has 0 saturated heterocycles. The van der Waals surface area contributed by atoms with Crippen LogP contribution in [0.5, 0.6) is 11.5 Å². The average Bonchev–Trinajstić information content (AvgIpc) is 2.42. The summed E-state index contributed by atoms with van der Waals surface area (Å²) in [7, 11) is 0. The van der Waals surface area contributed by atoms with Crippen molar-refractivity contribution >= 4 is 23.3 Å². The van der Waals surface area contributed by atoms with Crippen LogP contribution in [0.25, 0.3) is 0 Å². The molecule has 21 heavy (non-hydrogen) atoms. The number of carboxylic acids is 1. The van der Waals surface area contributed by atoms with Gasteiger partial charge in [0.15, 0.2) is 11.6 Å². The second-order valence-corrected chi connectivity index (χ2v) is 4.33. The molecule has 0 bridgehead atoms. The van der Waals surface area contributed by atoms with Crippen molar-refractivity contribution in [2.24, 2.45) is 0 Å². The molecular formula is C13H7ClFNO5. The molecule has 1 N–H and O–H groups in total. The van der Waals surface area contributed by atoms with Gasteiger partial charge in [-0.15, -0.1) is 0 Å². The van der Waals surface area contributed by atoms with E-state index in [1.807, 2.05) is 0 Å². The summed E-state index contributed by atoms with van der Waals surface area (Å²) in [4.78, 5) is 20.5. The fourth-order valence-electron chi connectivity index (χ4n) is 1.52. The van der Waals surface area contributed by atoms with Crippen LogP contribution < -0.4 is 4.74 Å². The van der Waals surface area contributed by atoms with Crippen LogP contribution in [0.3, 0.4) is 0 Å². The second-order valence-electron chi connectivity index (χ2n) is 3.92. The minimum Gasteiger partial charge on any atom is -0.478 e. The van der Waals surface area contributed by atoms with Gasteiger partial charge in [-0.05, 0) is 24.3 Å². The van der Waals surface area contributed by atoms with Crippen molar-refractivity contribution in [1.29, 1.82) is 0 Å². The first-order valence-corrected chi connectivity index (χ1v) is 5.91. The summed E-state index contributed by atoms with van der Waals surface area (Å²) >= 11 is 5.84. The van der Waals surface area contributed by atoms with Gasteiger partial charge in [-0.2, -0.15) is 0 Å². The Bertz CT molecular complexity index is 673. The Morgan fingerprint density at radius 3 is 2.43 bits per heavy atom. The third kappa shape index (κ3) is 3.26. The summed E-state index contributed by atoms with van der Waals surface area (Å²) in [6.07, 6.45) is 0. The van der Waals surface area contributed by atoms with Crippen LogP contribution in [0.2, 0.25) is 5.02 Å². The molecule has 8 heteroatoms. The number of carboxylic acid groups (broad SMARTS) is 1. The van der Waals surface area contributed by atoms with Gasteiger partial charge in [0.1, 0.15) is 5.75 Å². The third-order valence-corrected chi connectivity index (χ3v) is 2.82. The number of rotatable bonds is 4. The highest BCUT2D eigenvalue weighted by molar-refractivity contribution is 6.32. The van der Waals surface area contributed by atoms with Crippen molar-refractivity contribution in [2.45, 2.75) is 0 Å². The van der Waals surface area contributed by atoms with E-state index in [0.717, 1.165) is 24.3 Å². The van der Waals surface area contributed by atoms with Gasteiger partial charge in [0.25, 0.3) is 5.69 Å². The number of halogens is 2. The van der Waals surface area contributed by atoms with Gasteiger partial charge in [0, 0.05) is 6.07 Å². The molecule has 2 rings (SSSR count). The Labute approximate surface area is 122 Å². The van der Waals surface area contributed by atoms with E-state index in [9.17, 15) is 19.3 Å². The zero-order chi connectivity index (χ0) is 15.6. The average molecular weight is 312 g/mol. The molecule has 0 saturated carbocycles. The fraction of sp³-hybridized carbons (Fsp3) is 0. The Balaban J connectivity index is 2.30. The lowest BCUT2D eigenvalue weighted by molar-refractivity contribution is -0.385. The van der Waals surface area contributed by atoms with E-state index in [4.69, 9.17) is 21.4 Å². The highest BCUT2D eigenvalue weighted by atomic mass is 35.5. The molecule has 0 aromatic heterocycles. The smallest absolute Gasteiger partial charge is 0.335 e. The number of nitro groups is 1. The first-order chi connectivity index (χ1) is 9.88. The normalized spacial score (nSPS) is 10.2. The molecule has 0 unspecified atom stereocenters. The summed E-state index contributed by atoms with van der Waals surface area (Å²) in [5.74, 6) is -2.31. The molecule has 0 aliphatic heterocycles. The maximum absolute atomic E-state index is 13.7. The summed E-state index contributed by atoms with van der Waals surface area (Å²) in [6, 6.07) is 6.56. The number of nitro benzene ring substituents is 1. The quantitative estimate of drug-likeness (QED) is 0.683.